The lowest BCUT2D eigenvalue weighted by Crippen LogP contribution is -2.52. The van der Waals surface area contributed by atoms with Gasteiger partial charge < -0.3 is 0 Å². The summed E-state index contributed by atoms with van der Waals surface area (Å²) in [5, 5.41) is -1.53. The molecule has 7 heteroatoms. The second kappa shape index (κ2) is 6.19. The molecular formula is C11H12B4N2O. The standard InChI is InChI=1S/C11H12B4N2O/c1-7(12)9(11(13,14)15)16-17-10(18)8-5-3-2-4-6-8/h2-7,9,16H,1H3,(H,17,18). The maximum Gasteiger partial charge on any atom is 0.265 e. The first-order valence-corrected chi connectivity index (χ1v) is 5.55. The summed E-state index contributed by atoms with van der Waals surface area (Å²) in [4.78, 5) is 11.8. The summed E-state index contributed by atoms with van der Waals surface area (Å²) >= 11 is 0. The van der Waals surface area contributed by atoms with Crippen molar-refractivity contribution in [1.29, 1.82) is 0 Å². The Bertz CT molecular complexity index is 392. The van der Waals surface area contributed by atoms with Gasteiger partial charge in [-0.25, -0.2) is 5.43 Å². The van der Waals surface area contributed by atoms with Gasteiger partial charge in [-0.1, -0.05) is 30.9 Å². The van der Waals surface area contributed by atoms with Crippen molar-refractivity contribution in [1.82, 2.24) is 10.9 Å². The van der Waals surface area contributed by atoms with Crippen molar-refractivity contribution in [2.75, 3.05) is 0 Å². The average Bonchev–Trinajstić information content (AvgIpc) is 2.28. The fourth-order valence-corrected chi connectivity index (χ4v) is 1.52. The molecule has 0 aliphatic heterocycles. The van der Waals surface area contributed by atoms with Crippen LogP contribution in [-0.2, 0) is 0 Å². The van der Waals surface area contributed by atoms with Gasteiger partial charge in [-0.3, -0.25) is 10.2 Å². The lowest BCUT2D eigenvalue weighted by molar-refractivity contribution is 0.0924. The highest BCUT2D eigenvalue weighted by molar-refractivity contribution is 6.59. The van der Waals surface area contributed by atoms with Crippen LogP contribution in [0, 0.1) is 0 Å². The number of nitrogens with one attached hydrogen (secondary N) is 2. The Morgan fingerprint density at radius 2 is 1.78 bits per heavy atom. The fraction of sp³-hybridized carbons (Fsp3) is 0.364. The van der Waals surface area contributed by atoms with Crippen molar-refractivity contribution in [2.24, 2.45) is 0 Å². The molecule has 1 rings (SSSR count). The molecule has 0 aliphatic carbocycles. The summed E-state index contributed by atoms with van der Waals surface area (Å²) in [6.07, 6.45) is 0. The van der Waals surface area contributed by atoms with E-state index in [1.807, 2.05) is 6.07 Å². The van der Waals surface area contributed by atoms with Gasteiger partial charge in [-0.15, -0.1) is 5.11 Å². The zero-order valence-electron chi connectivity index (χ0n) is 10.3. The minimum absolute atomic E-state index is 0.314. The van der Waals surface area contributed by atoms with Crippen LogP contribution in [0.5, 0.6) is 0 Å². The quantitative estimate of drug-likeness (QED) is 0.546. The molecule has 0 aliphatic rings. The number of hydrogen-bond donors (Lipinski definition) is 2. The molecule has 84 valence electrons. The van der Waals surface area contributed by atoms with Crippen LogP contribution in [0.15, 0.2) is 30.3 Å². The van der Waals surface area contributed by atoms with Crippen LogP contribution in [0.25, 0.3) is 0 Å². The minimum Gasteiger partial charge on any atom is -0.287 e. The summed E-state index contributed by atoms with van der Waals surface area (Å²) in [5.74, 6) is -0.744. The summed E-state index contributed by atoms with van der Waals surface area (Å²) in [7, 11) is 22.4. The van der Waals surface area contributed by atoms with Crippen molar-refractivity contribution >= 4 is 37.3 Å². The summed E-state index contributed by atoms with van der Waals surface area (Å²) < 4.78 is 0. The van der Waals surface area contributed by atoms with Crippen molar-refractivity contribution in [3.8, 4) is 0 Å². The highest BCUT2D eigenvalue weighted by Crippen LogP contribution is 2.23. The molecule has 2 atom stereocenters. The molecule has 0 aromatic heterocycles. The number of hydrazine groups is 1. The maximum atomic E-state index is 11.8. The van der Waals surface area contributed by atoms with E-state index in [2.05, 4.69) is 10.9 Å². The van der Waals surface area contributed by atoms with Gasteiger partial charge in [-0.05, 0) is 12.1 Å². The van der Waals surface area contributed by atoms with E-state index >= 15 is 0 Å². The lowest BCUT2D eigenvalue weighted by atomic mass is 9.37. The monoisotopic (exact) mass is 232 g/mol. The fourth-order valence-electron chi connectivity index (χ4n) is 1.52. The predicted molar refractivity (Wildman–Crippen MR) is 76.0 cm³/mol. The van der Waals surface area contributed by atoms with Crippen LogP contribution in [0.3, 0.4) is 0 Å². The van der Waals surface area contributed by atoms with Crippen LogP contribution in [0.1, 0.15) is 17.3 Å². The molecule has 3 nitrogen and oxygen atoms in total. The number of hydrogen-bond acceptors (Lipinski definition) is 2. The van der Waals surface area contributed by atoms with Crippen LogP contribution in [0.2, 0.25) is 10.9 Å². The van der Waals surface area contributed by atoms with E-state index in [1.165, 1.54) is 0 Å². The Balaban J connectivity index is 2.61. The molecule has 18 heavy (non-hydrogen) atoms. The average molecular weight is 231 g/mol. The van der Waals surface area contributed by atoms with Gasteiger partial charge in [0.05, 0.1) is 31.4 Å². The van der Waals surface area contributed by atoms with E-state index in [4.69, 9.17) is 31.4 Å². The van der Waals surface area contributed by atoms with Crippen LogP contribution in [-0.4, -0.2) is 43.3 Å². The summed E-state index contributed by atoms with van der Waals surface area (Å²) in [6, 6.07) is 8.04. The highest BCUT2D eigenvalue weighted by Gasteiger charge is 2.25. The van der Waals surface area contributed by atoms with Gasteiger partial charge in [0.1, 0.15) is 0 Å². The molecule has 0 heterocycles. The van der Waals surface area contributed by atoms with E-state index in [9.17, 15) is 4.79 Å². The number of amides is 1. The first-order chi connectivity index (χ1) is 8.32. The first kappa shape index (κ1) is 15.0. The number of carbonyl (C=O) groups excluding carboxylic acids is 1. The van der Waals surface area contributed by atoms with E-state index in [0.717, 1.165) is 0 Å². The SMILES string of the molecule is [B]C(C)C(NNC(=O)c1ccccc1)C([B])([B])[B]. The third-order valence-corrected chi connectivity index (χ3v) is 2.44. The van der Waals surface area contributed by atoms with Crippen molar-refractivity contribution in [3.05, 3.63) is 35.9 Å². The predicted octanol–water partition coefficient (Wildman–Crippen LogP) is -0.154. The molecular weight excluding hydrogens is 219 g/mol. The third kappa shape index (κ3) is 4.30. The molecule has 2 N–H and O–H groups in total. The smallest absolute Gasteiger partial charge is 0.265 e. The van der Waals surface area contributed by atoms with E-state index < -0.39 is 17.0 Å². The zero-order valence-corrected chi connectivity index (χ0v) is 10.3. The summed E-state index contributed by atoms with van der Waals surface area (Å²) in [6.45, 7) is 1.69. The lowest BCUT2D eigenvalue weighted by Gasteiger charge is -2.36. The normalized spacial score (nSPS) is 14.7. The Labute approximate surface area is 113 Å². The number of carbonyl (C=O) groups is 1. The van der Waals surface area contributed by atoms with E-state index in [-0.39, 0.29) is 5.91 Å². The van der Waals surface area contributed by atoms with E-state index in [0.29, 0.717) is 5.56 Å². The van der Waals surface area contributed by atoms with Crippen LogP contribution >= 0.6 is 0 Å². The highest BCUT2D eigenvalue weighted by atomic mass is 16.2. The molecule has 1 aromatic carbocycles. The van der Waals surface area contributed by atoms with Crippen molar-refractivity contribution < 1.29 is 4.79 Å². The van der Waals surface area contributed by atoms with Crippen LogP contribution in [0.4, 0.5) is 0 Å². The van der Waals surface area contributed by atoms with Crippen LogP contribution < -0.4 is 10.9 Å². The largest absolute Gasteiger partial charge is 0.287 e. The van der Waals surface area contributed by atoms with E-state index in [1.54, 1.807) is 31.2 Å². The van der Waals surface area contributed by atoms with Crippen molar-refractivity contribution in [2.45, 2.75) is 23.9 Å². The molecule has 1 amide bonds. The van der Waals surface area contributed by atoms with Gasteiger partial charge in [0.25, 0.3) is 5.91 Å². The Kier molecular flexibility index (Phi) is 5.14. The summed E-state index contributed by atoms with van der Waals surface area (Å²) in [5.41, 5.74) is 5.64. The number of rotatable bonds is 5. The second-order valence-electron chi connectivity index (χ2n) is 4.30. The molecule has 1 aromatic rings. The molecule has 8 radical (unpaired) electrons. The molecule has 2 unspecified atom stereocenters. The maximum absolute atomic E-state index is 11.8. The molecule has 0 fully saturated rings. The first-order valence-electron chi connectivity index (χ1n) is 5.55. The van der Waals surface area contributed by atoms with Gasteiger partial charge >= 0.3 is 0 Å². The topological polar surface area (TPSA) is 41.1 Å². The van der Waals surface area contributed by atoms with Gasteiger partial charge in [0, 0.05) is 11.6 Å². The Morgan fingerprint density at radius 3 is 2.22 bits per heavy atom. The molecule has 0 bridgehead atoms. The molecule has 0 saturated heterocycles. The molecule has 0 spiro atoms. The van der Waals surface area contributed by atoms with Gasteiger partial charge in [0.2, 0.25) is 0 Å². The van der Waals surface area contributed by atoms with Gasteiger partial charge in [-0.2, -0.15) is 0 Å². The van der Waals surface area contributed by atoms with Gasteiger partial charge in [0.15, 0.2) is 0 Å². The minimum atomic E-state index is -1.53. The zero-order chi connectivity index (χ0) is 13.8. The second-order valence-corrected chi connectivity index (χ2v) is 4.30. The Hall–Kier alpha value is -1.09. The molecule has 0 saturated carbocycles. The number of benzene rings is 1. The Morgan fingerprint density at radius 1 is 1.22 bits per heavy atom. The van der Waals surface area contributed by atoms with Crippen molar-refractivity contribution in [3.63, 3.8) is 0 Å². The third-order valence-electron chi connectivity index (χ3n) is 2.44.